The van der Waals surface area contributed by atoms with Crippen molar-refractivity contribution in [1.82, 2.24) is 16.0 Å². The van der Waals surface area contributed by atoms with Crippen LogP contribution in [0.15, 0.2) is 4.99 Å². The van der Waals surface area contributed by atoms with Gasteiger partial charge in [0.05, 0.1) is 6.04 Å². The SMILES string of the molecule is CSCCC(NC(=O)C(N)CC(C)C)C(=O)NC(CCCN=C(N)N)C(=O)NC(CCC(N)=O)C(=O)O. The third-order valence-electron chi connectivity index (χ3n) is 5.18. The van der Waals surface area contributed by atoms with E-state index in [0.717, 1.165) is 0 Å². The van der Waals surface area contributed by atoms with E-state index < -0.39 is 53.8 Å². The standard InChI is InChI=1S/C22H42N8O6S/c1-12(2)11-13(23)18(32)28-15(8-10-37-3)20(34)29-14(5-4-9-27-22(25)26)19(33)30-16(21(35)36)6-7-17(24)31/h12-16H,4-11,23H2,1-3H3,(H2,24,31)(H,28,32)(H,29,34)(H,30,33)(H,35,36)(H4,25,26,27). The number of thioether (sulfide) groups is 1. The van der Waals surface area contributed by atoms with E-state index in [1.807, 2.05) is 20.1 Å². The van der Waals surface area contributed by atoms with Crippen molar-refractivity contribution in [2.45, 2.75) is 76.5 Å². The Morgan fingerprint density at radius 1 is 0.865 bits per heavy atom. The number of nitrogens with one attached hydrogen (secondary N) is 3. The summed E-state index contributed by atoms with van der Waals surface area (Å²) in [5.74, 6) is -3.37. The van der Waals surface area contributed by atoms with E-state index in [9.17, 15) is 29.1 Å². The molecule has 0 aromatic rings. The number of aliphatic carboxylic acids is 1. The van der Waals surface area contributed by atoms with Gasteiger partial charge in [0.25, 0.3) is 0 Å². The van der Waals surface area contributed by atoms with Gasteiger partial charge in [0.1, 0.15) is 18.1 Å². The number of carboxylic acids is 1. The van der Waals surface area contributed by atoms with Crippen molar-refractivity contribution in [1.29, 1.82) is 0 Å². The molecule has 0 aliphatic rings. The molecule has 0 saturated heterocycles. The molecule has 14 nitrogen and oxygen atoms in total. The number of nitrogens with zero attached hydrogens (tertiary/aromatic N) is 1. The molecule has 0 saturated carbocycles. The van der Waals surface area contributed by atoms with Crippen molar-refractivity contribution in [3.63, 3.8) is 0 Å². The Hall–Kier alpha value is -3.07. The zero-order valence-corrected chi connectivity index (χ0v) is 22.5. The largest absolute Gasteiger partial charge is 0.480 e. The summed E-state index contributed by atoms with van der Waals surface area (Å²) >= 11 is 1.47. The molecular weight excluding hydrogens is 504 g/mol. The van der Waals surface area contributed by atoms with Gasteiger partial charge in [-0.2, -0.15) is 11.8 Å². The predicted molar refractivity (Wildman–Crippen MR) is 142 cm³/mol. The molecule has 0 aliphatic heterocycles. The average molecular weight is 547 g/mol. The number of primary amides is 1. The van der Waals surface area contributed by atoms with Crippen LogP contribution in [0.1, 0.15) is 52.4 Å². The summed E-state index contributed by atoms with van der Waals surface area (Å²) in [6, 6.07) is -4.31. The number of hydrogen-bond donors (Lipinski definition) is 8. The topological polar surface area (TPSA) is 258 Å². The van der Waals surface area contributed by atoms with Gasteiger partial charge in [-0.05, 0) is 50.0 Å². The van der Waals surface area contributed by atoms with Gasteiger partial charge < -0.3 is 44.0 Å². The van der Waals surface area contributed by atoms with E-state index in [0.29, 0.717) is 12.2 Å². The second-order valence-corrected chi connectivity index (χ2v) is 9.98. The summed E-state index contributed by atoms with van der Waals surface area (Å²) in [5.41, 5.74) is 21.7. The zero-order valence-electron chi connectivity index (χ0n) is 21.7. The van der Waals surface area contributed by atoms with Crippen LogP contribution in [-0.4, -0.2) is 83.4 Å². The zero-order chi connectivity index (χ0) is 28.5. The summed E-state index contributed by atoms with van der Waals surface area (Å²) in [6.07, 6.45) is 2.46. The molecule has 0 heterocycles. The molecule has 37 heavy (non-hydrogen) atoms. The quantitative estimate of drug-likeness (QED) is 0.0500. The van der Waals surface area contributed by atoms with Crippen molar-refractivity contribution in [3.05, 3.63) is 0 Å². The number of amides is 4. The first-order valence-corrected chi connectivity index (χ1v) is 13.4. The lowest BCUT2D eigenvalue weighted by Crippen LogP contribution is -2.57. The van der Waals surface area contributed by atoms with Crippen LogP contribution in [0, 0.1) is 5.92 Å². The number of rotatable bonds is 19. The van der Waals surface area contributed by atoms with E-state index in [-0.39, 0.29) is 50.5 Å². The summed E-state index contributed by atoms with van der Waals surface area (Å²) in [7, 11) is 0. The first-order valence-electron chi connectivity index (χ1n) is 12.0. The van der Waals surface area contributed by atoms with Gasteiger partial charge in [-0.3, -0.25) is 24.2 Å². The molecule has 12 N–H and O–H groups in total. The van der Waals surface area contributed by atoms with Crippen LogP contribution >= 0.6 is 11.8 Å². The number of carbonyl (C=O) groups excluding carboxylic acids is 4. The molecule has 4 atom stereocenters. The molecule has 212 valence electrons. The van der Waals surface area contributed by atoms with Gasteiger partial charge in [-0.25, -0.2) is 4.79 Å². The second kappa shape index (κ2) is 18.2. The highest BCUT2D eigenvalue weighted by molar-refractivity contribution is 7.98. The van der Waals surface area contributed by atoms with E-state index in [2.05, 4.69) is 20.9 Å². The average Bonchev–Trinajstić information content (AvgIpc) is 2.79. The molecule has 0 rings (SSSR count). The fourth-order valence-corrected chi connectivity index (χ4v) is 3.73. The first kappa shape index (κ1) is 33.9. The molecule has 0 fully saturated rings. The van der Waals surface area contributed by atoms with E-state index in [1.54, 1.807) is 0 Å². The highest BCUT2D eigenvalue weighted by Crippen LogP contribution is 2.08. The smallest absolute Gasteiger partial charge is 0.326 e. The maximum Gasteiger partial charge on any atom is 0.326 e. The molecule has 4 unspecified atom stereocenters. The van der Waals surface area contributed by atoms with Crippen molar-refractivity contribution >= 4 is 47.3 Å². The first-order chi connectivity index (χ1) is 17.3. The fraction of sp³-hybridized carbons (Fsp3) is 0.727. The number of guanidine groups is 1. The van der Waals surface area contributed by atoms with E-state index in [1.165, 1.54) is 11.8 Å². The molecule has 0 aromatic heterocycles. The number of nitrogens with two attached hydrogens (primary N) is 4. The van der Waals surface area contributed by atoms with Gasteiger partial charge in [0.15, 0.2) is 5.96 Å². The van der Waals surface area contributed by atoms with Gasteiger partial charge in [-0.1, -0.05) is 13.8 Å². The Morgan fingerprint density at radius 3 is 1.89 bits per heavy atom. The highest BCUT2D eigenvalue weighted by Gasteiger charge is 2.30. The van der Waals surface area contributed by atoms with Gasteiger partial charge in [-0.15, -0.1) is 0 Å². The maximum absolute atomic E-state index is 13.1. The fourth-order valence-electron chi connectivity index (χ4n) is 3.26. The summed E-state index contributed by atoms with van der Waals surface area (Å²) in [5, 5.41) is 17.0. The van der Waals surface area contributed by atoms with Crippen molar-refractivity contribution in [2.24, 2.45) is 33.8 Å². The van der Waals surface area contributed by atoms with Crippen LogP contribution in [0.25, 0.3) is 0 Å². The number of hydrogen-bond acceptors (Lipinski definition) is 8. The van der Waals surface area contributed by atoms with Crippen molar-refractivity contribution in [3.8, 4) is 0 Å². The van der Waals surface area contributed by atoms with E-state index >= 15 is 0 Å². The molecule has 0 aliphatic carbocycles. The minimum Gasteiger partial charge on any atom is -0.480 e. The molecule has 0 aromatic carbocycles. The number of carboxylic acid groups (broad SMARTS) is 1. The second-order valence-electron chi connectivity index (χ2n) is 8.99. The van der Waals surface area contributed by atoms with E-state index in [4.69, 9.17) is 22.9 Å². The number of carbonyl (C=O) groups is 5. The lowest BCUT2D eigenvalue weighted by molar-refractivity contribution is -0.142. The lowest BCUT2D eigenvalue weighted by atomic mass is 10.0. The van der Waals surface area contributed by atoms with Crippen LogP contribution in [0.5, 0.6) is 0 Å². The molecule has 0 radical (unpaired) electrons. The van der Waals surface area contributed by atoms with Gasteiger partial charge in [0, 0.05) is 13.0 Å². The van der Waals surface area contributed by atoms with Crippen LogP contribution in [0.2, 0.25) is 0 Å². The van der Waals surface area contributed by atoms with Crippen molar-refractivity contribution in [2.75, 3.05) is 18.6 Å². The Labute approximate surface area is 221 Å². The summed E-state index contributed by atoms with van der Waals surface area (Å²) in [6.45, 7) is 4.01. The van der Waals surface area contributed by atoms with Crippen molar-refractivity contribution < 1.29 is 29.1 Å². The number of aliphatic imine (C=N–C) groups is 1. The van der Waals surface area contributed by atoms with Crippen LogP contribution in [0.4, 0.5) is 0 Å². The van der Waals surface area contributed by atoms with Crippen LogP contribution < -0.4 is 38.9 Å². The summed E-state index contributed by atoms with van der Waals surface area (Å²) < 4.78 is 0. The maximum atomic E-state index is 13.1. The minimum atomic E-state index is -1.39. The third-order valence-corrected chi connectivity index (χ3v) is 5.82. The predicted octanol–water partition coefficient (Wildman–Crippen LogP) is -2.03. The Kier molecular flexibility index (Phi) is 16.7. The molecule has 0 bridgehead atoms. The highest BCUT2D eigenvalue weighted by atomic mass is 32.2. The molecule has 4 amide bonds. The summed E-state index contributed by atoms with van der Waals surface area (Å²) in [4.78, 5) is 65.1. The van der Waals surface area contributed by atoms with Crippen LogP contribution in [-0.2, 0) is 24.0 Å². The molecular formula is C22H42N8O6S. The van der Waals surface area contributed by atoms with Gasteiger partial charge >= 0.3 is 5.97 Å². The molecule has 0 spiro atoms. The minimum absolute atomic E-state index is 0.0760. The van der Waals surface area contributed by atoms with Gasteiger partial charge in [0.2, 0.25) is 23.6 Å². The van der Waals surface area contributed by atoms with Crippen LogP contribution in [0.3, 0.4) is 0 Å². The monoisotopic (exact) mass is 546 g/mol. The molecule has 15 heteroatoms. The lowest BCUT2D eigenvalue weighted by Gasteiger charge is -2.25. The Balaban J connectivity index is 5.62. The third kappa shape index (κ3) is 15.6. The Morgan fingerprint density at radius 2 is 1.41 bits per heavy atom. The Bertz CT molecular complexity index is 806. The normalized spacial score (nSPS) is 14.1.